The third-order valence-electron chi connectivity index (χ3n) is 5.58. The van der Waals surface area contributed by atoms with Crippen LogP contribution in [0.1, 0.15) is 41.0 Å². The molecule has 3 rings (SSSR count). The van der Waals surface area contributed by atoms with Gasteiger partial charge in [-0.05, 0) is 77.4 Å². The molecule has 3 aromatic rings. The van der Waals surface area contributed by atoms with Crippen LogP contribution in [0.15, 0.2) is 58.5 Å². The Hall–Kier alpha value is -2.84. The van der Waals surface area contributed by atoms with E-state index >= 15 is 0 Å². The van der Waals surface area contributed by atoms with Gasteiger partial charge in [-0.3, -0.25) is 14.2 Å². The number of anilines is 2. The minimum atomic E-state index is -0.143. The van der Waals surface area contributed by atoms with Crippen LogP contribution < -0.4 is 15.8 Å². The SMILES string of the molecule is CCN(c1ccc(NC(=O)CSc2nc3ccccc3c(=O)n2CCCOC(C)C)cc1)C(C)C. The highest BCUT2D eigenvalue weighted by Gasteiger charge is 2.14. The van der Waals surface area contributed by atoms with E-state index in [9.17, 15) is 9.59 Å². The predicted octanol–water partition coefficient (Wildman–Crippen LogP) is 5.18. The zero-order valence-electron chi connectivity index (χ0n) is 21.3. The Morgan fingerprint density at radius 2 is 1.83 bits per heavy atom. The van der Waals surface area contributed by atoms with Crippen LogP contribution in [0.2, 0.25) is 0 Å². The number of para-hydroxylation sites is 1. The maximum atomic E-state index is 13.1. The molecule has 0 aliphatic heterocycles. The van der Waals surface area contributed by atoms with Crippen molar-refractivity contribution < 1.29 is 9.53 Å². The summed E-state index contributed by atoms with van der Waals surface area (Å²) in [5.41, 5.74) is 2.41. The Morgan fingerprint density at radius 1 is 1.11 bits per heavy atom. The number of amides is 1. The second-order valence-electron chi connectivity index (χ2n) is 8.90. The van der Waals surface area contributed by atoms with Crippen molar-refractivity contribution in [3.05, 3.63) is 58.9 Å². The predicted molar refractivity (Wildman–Crippen MR) is 146 cm³/mol. The van der Waals surface area contributed by atoms with Crippen molar-refractivity contribution in [2.45, 2.75) is 64.9 Å². The van der Waals surface area contributed by atoms with E-state index in [0.29, 0.717) is 41.7 Å². The van der Waals surface area contributed by atoms with Gasteiger partial charge in [0.25, 0.3) is 5.56 Å². The Balaban J connectivity index is 1.69. The minimum absolute atomic E-state index is 0.0933. The normalized spacial score (nSPS) is 11.4. The van der Waals surface area contributed by atoms with Gasteiger partial charge in [-0.2, -0.15) is 0 Å². The van der Waals surface area contributed by atoms with Gasteiger partial charge in [0.05, 0.1) is 22.8 Å². The van der Waals surface area contributed by atoms with Gasteiger partial charge in [0.1, 0.15) is 0 Å². The third kappa shape index (κ3) is 7.32. The molecule has 7 nitrogen and oxygen atoms in total. The Kier molecular flexibility index (Phi) is 9.74. The van der Waals surface area contributed by atoms with E-state index in [0.717, 1.165) is 17.9 Å². The smallest absolute Gasteiger partial charge is 0.262 e. The van der Waals surface area contributed by atoms with Crippen molar-refractivity contribution in [2.75, 3.05) is 29.1 Å². The molecule has 0 spiro atoms. The fourth-order valence-corrected chi connectivity index (χ4v) is 4.73. The van der Waals surface area contributed by atoms with Crippen LogP contribution in [0.5, 0.6) is 0 Å². The van der Waals surface area contributed by atoms with E-state index in [4.69, 9.17) is 4.74 Å². The van der Waals surface area contributed by atoms with E-state index in [1.165, 1.54) is 11.8 Å². The van der Waals surface area contributed by atoms with Crippen LogP contribution >= 0.6 is 11.8 Å². The Bertz CT molecular complexity index is 1180. The number of thioether (sulfide) groups is 1. The first-order chi connectivity index (χ1) is 16.8. The van der Waals surface area contributed by atoms with E-state index in [1.807, 2.05) is 56.3 Å². The highest BCUT2D eigenvalue weighted by atomic mass is 32.2. The summed E-state index contributed by atoms with van der Waals surface area (Å²) in [7, 11) is 0. The molecule has 8 heteroatoms. The molecular weight excluding hydrogens is 460 g/mol. The first kappa shape index (κ1) is 26.8. The molecule has 0 aliphatic carbocycles. The van der Waals surface area contributed by atoms with Gasteiger partial charge in [-0.1, -0.05) is 23.9 Å². The van der Waals surface area contributed by atoms with Gasteiger partial charge < -0.3 is 15.0 Å². The van der Waals surface area contributed by atoms with Crippen LogP contribution in [0.4, 0.5) is 11.4 Å². The number of rotatable bonds is 12. The van der Waals surface area contributed by atoms with Crippen LogP contribution in [0, 0.1) is 0 Å². The summed E-state index contributed by atoms with van der Waals surface area (Å²) in [4.78, 5) is 32.8. The highest BCUT2D eigenvalue weighted by molar-refractivity contribution is 7.99. The second-order valence-corrected chi connectivity index (χ2v) is 9.85. The first-order valence-corrected chi connectivity index (χ1v) is 13.2. The molecule has 1 heterocycles. The summed E-state index contributed by atoms with van der Waals surface area (Å²) in [5.74, 6) is 0.0123. The molecule has 35 heavy (non-hydrogen) atoms. The molecule has 2 aromatic carbocycles. The van der Waals surface area contributed by atoms with Crippen LogP contribution in [-0.4, -0.2) is 46.5 Å². The molecule has 0 saturated heterocycles. The lowest BCUT2D eigenvalue weighted by Gasteiger charge is -2.27. The summed E-state index contributed by atoms with van der Waals surface area (Å²) in [6, 6.07) is 15.6. The van der Waals surface area contributed by atoms with Crippen molar-refractivity contribution in [1.29, 1.82) is 0 Å². The lowest BCUT2D eigenvalue weighted by molar-refractivity contribution is -0.113. The Labute approximate surface area is 211 Å². The zero-order valence-corrected chi connectivity index (χ0v) is 22.1. The van der Waals surface area contributed by atoms with Crippen molar-refractivity contribution >= 4 is 39.9 Å². The molecule has 0 fully saturated rings. The number of nitrogens with one attached hydrogen (secondary N) is 1. The third-order valence-corrected chi connectivity index (χ3v) is 6.56. The lowest BCUT2D eigenvalue weighted by atomic mass is 10.2. The fourth-order valence-electron chi connectivity index (χ4n) is 3.91. The number of fused-ring (bicyclic) bond motifs is 1. The number of carbonyl (C=O) groups excluding carboxylic acids is 1. The van der Waals surface area contributed by atoms with E-state index in [1.54, 1.807) is 10.6 Å². The summed E-state index contributed by atoms with van der Waals surface area (Å²) in [6.07, 6.45) is 0.832. The summed E-state index contributed by atoms with van der Waals surface area (Å²) in [5, 5.41) is 4.07. The van der Waals surface area contributed by atoms with Gasteiger partial charge in [-0.25, -0.2) is 4.98 Å². The number of carbonyl (C=O) groups is 1. The number of benzene rings is 2. The van der Waals surface area contributed by atoms with Crippen molar-refractivity contribution in [3.63, 3.8) is 0 Å². The Morgan fingerprint density at radius 3 is 2.49 bits per heavy atom. The molecule has 1 aromatic heterocycles. The average Bonchev–Trinajstić information content (AvgIpc) is 2.83. The van der Waals surface area contributed by atoms with Crippen LogP contribution in [0.25, 0.3) is 10.9 Å². The first-order valence-electron chi connectivity index (χ1n) is 12.2. The molecule has 0 bridgehead atoms. The molecule has 0 saturated carbocycles. The molecule has 188 valence electrons. The van der Waals surface area contributed by atoms with Crippen LogP contribution in [0.3, 0.4) is 0 Å². The average molecular weight is 497 g/mol. The summed E-state index contributed by atoms with van der Waals surface area (Å²) >= 11 is 1.27. The summed E-state index contributed by atoms with van der Waals surface area (Å²) in [6.45, 7) is 12.4. The minimum Gasteiger partial charge on any atom is -0.379 e. The number of aromatic nitrogens is 2. The second kappa shape index (κ2) is 12.7. The maximum Gasteiger partial charge on any atom is 0.262 e. The fraction of sp³-hybridized carbons (Fsp3) is 0.444. The summed E-state index contributed by atoms with van der Waals surface area (Å²) < 4.78 is 7.29. The highest BCUT2D eigenvalue weighted by Crippen LogP contribution is 2.21. The maximum absolute atomic E-state index is 13.1. The number of hydrogen-bond acceptors (Lipinski definition) is 6. The van der Waals surface area contributed by atoms with E-state index in [2.05, 4.69) is 36.0 Å². The molecule has 0 aliphatic rings. The van der Waals surface area contributed by atoms with Gasteiger partial charge in [0.2, 0.25) is 5.91 Å². The van der Waals surface area contributed by atoms with Crippen molar-refractivity contribution in [2.24, 2.45) is 0 Å². The topological polar surface area (TPSA) is 76.5 Å². The van der Waals surface area contributed by atoms with Crippen LogP contribution in [-0.2, 0) is 16.1 Å². The lowest BCUT2D eigenvalue weighted by Crippen LogP contribution is -2.30. The zero-order chi connectivity index (χ0) is 25.4. The number of hydrogen-bond donors (Lipinski definition) is 1. The molecule has 0 atom stereocenters. The monoisotopic (exact) mass is 496 g/mol. The van der Waals surface area contributed by atoms with Crippen molar-refractivity contribution in [1.82, 2.24) is 9.55 Å². The standard InChI is InChI=1S/C27H36N4O3S/c1-6-30(19(2)3)22-14-12-21(13-15-22)28-25(32)18-35-27-29-24-11-8-7-10-23(24)26(33)31(27)16-9-17-34-20(4)5/h7-8,10-15,19-20H,6,9,16-18H2,1-5H3,(H,28,32). The van der Waals surface area contributed by atoms with Gasteiger partial charge >= 0.3 is 0 Å². The molecule has 0 unspecified atom stereocenters. The largest absolute Gasteiger partial charge is 0.379 e. The quantitative estimate of drug-likeness (QED) is 0.212. The van der Waals surface area contributed by atoms with Gasteiger partial charge in [0, 0.05) is 37.1 Å². The molecule has 0 radical (unpaired) electrons. The number of nitrogens with zero attached hydrogens (tertiary/aromatic N) is 3. The molecule has 1 amide bonds. The molecular formula is C27H36N4O3S. The van der Waals surface area contributed by atoms with Gasteiger partial charge in [-0.15, -0.1) is 0 Å². The van der Waals surface area contributed by atoms with E-state index < -0.39 is 0 Å². The van der Waals surface area contributed by atoms with Crippen molar-refractivity contribution in [3.8, 4) is 0 Å². The van der Waals surface area contributed by atoms with E-state index in [-0.39, 0.29) is 23.3 Å². The van der Waals surface area contributed by atoms with Gasteiger partial charge in [0.15, 0.2) is 5.16 Å². The number of ether oxygens (including phenoxy) is 1. The molecule has 1 N–H and O–H groups in total.